The maximum absolute atomic E-state index is 10.2. The van der Waals surface area contributed by atoms with Crippen molar-refractivity contribution in [3.63, 3.8) is 0 Å². The zero-order chi connectivity index (χ0) is 16.8. The van der Waals surface area contributed by atoms with Crippen LogP contribution < -0.4 is 10.1 Å². The van der Waals surface area contributed by atoms with Crippen LogP contribution in [-0.2, 0) is 0 Å². The molecule has 3 unspecified atom stereocenters. The molecule has 2 aliphatic rings. The average molecular weight is 321 g/mol. The summed E-state index contributed by atoms with van der Waals surface area (Å²) >= 11 is 0. The molecule has 3 heteroatoms. The zero-order valence-corrected chi connectivity index (χ0v) is 14.3. The molecule has 3 atom stereocenters. The number of allylic oxidation sites excluding steroid dienone is 2. The van der Waals surface area contributed by atoms with Crippen LogP contribution >= 0.6 is 0 Å². The lowest BCUT2D eigenvalue weighted by Gasteiger charge is -2.38. The Morgan fingerprint density at radius 2 is 2.00 bits per heavy atom. The van der Waals surface area contributed by atoms with E-state index in [-0.39, 0.29) is 11.8 Å². The van der Waals surface area contributed by atoms with Crippen molar-refractivity contribution in [2.45, 2.75) is 32.2 Å². The molecule has 3 nitrogen and oxygen atoms in total. The topological polar surface area (TPSA) is 41.5 Å². The number of nitrogens with one attached hydrogen (secondary N) is 1. The summed E-state index contributed by atoms with van der Waals surface area (Å²) < 4.78 is 5.18. The minimum atomic E-state index is 0.190. The highest BCUT2D eigenvalue weighted by molar-refractivity contribution is 5.66. The first-order chi connectivity index (χ1) is 11.6. The molecule has 2 N–H and O–H groups in total. The van der Waals surface area contributed by atoms with Gasteiger partial charge in [0.2, 0.25) is 0 Å². The van der Waals surface area contributed by atoms with Gasteiger partial charge < -0.3 is 15.2 Å². The number of hydrogen-bond donors (Lipinski definition) is 2. The summed E-state index contributed by atoms with van der Waals surface area (Å²) in [5.41, 5.74) is 6.37. The highest BCUT2D eigenvalue weighted by Crippen LogP contribution is 2.51. The molecular formula is C21H23NO2. The number of fused-ring (bicyclic) bond motifs is 3. The first-order valence-corrected chi connectivity index (χ1v) is 8.50. The molecule has 1 aliphatic heterocycles. The van der Waals surface area contributed by atoms with E-state index >= 15 is 0 Å². The monoisotopic (exact) mass is 321 g/mol. The van der Waals surface area contributed by atoms with Gasteiger partial charge in [-0.15, -0.1) is 0 Å². The lowest BCUT2D eigenvalue weighted by molar-refractivity contribution is 0.371. The van der Waals surface area contributed by atoms with E-state index in [9.17, 15) is 5.11 Å². The molecule has 0 spiro atoms. The lowest BCUT2D eigenvalue weighted by atomic mass is 9.76. The fourth-order valence-electron chi connectivity index (χ4n) is 4.15. The van der Waals surface area contributed by atoms with Gasteiger partial charge in [-0.2, -0.15) is 0 Å². The number of phenolic OH excluding ortho intramolecular Hbond substituents is 1. The van der Waals surface area contributed by atoms with E-state index in [0.29, 0.717) is 17.6 Å². The van der Waals surface area contributed by atoms with Gasteiger partial charge in [0.1, 0.15) is 0 Å². The van der Waals surface area contributed by atoms with E-state index in [4.69, 9.17) is 4.74 Å². The first kappa shape index (κ1) is 15.1. The van der Waals surface area contributed by atoms with Gasteiger partial charge in [0.15, 0.2) is 11.5 Å². The van der Waals surface area contributed by atoms with Crippen LogP contribution in [0.2, 0.25) is 0 Å². The number of phenols is 1. The van der Waals surface area contributed by atoms with Crippen molar-refractivity contribution in [3.05, 3.63) is 64.7 Å². The normalized spacial score (nSPS) is 24.2. The molecule has 0 bridgehead atoms. The van der Waals surface area contributed by atoms with Gasteiger partial charge in [-0.3, -0.25) is 0 Å². The number of aromatic hydroxyl groups is 1. The zero-order valence-electron chi connectivity index (χ0n) is 14.3. The summed E-state index contributed by atoms with van der Waals surface area (Å²) in [5.74, 6) is 1.64. The van der Waals surface area contributed by atoms with Gasteiger partial charge in [0.25, 0.3) is 0 Å². The van der Waals surface area contributed by atoms with Gasteiger partial charge in [0, 0.05) is 11.6 Å². The van der Waals surface area contributed by atoms with Gasteiger partial charge in [0.05, 0.1) is 13.2 Å². The minimum Gasteiger partial charge on any atom is -0.504 e. The summed E-state index contributed by atoms with van der Waals surface area (Å²) in [4.78, 5) is 0. The molecule has 124 valence electrons. The van der Waals surface area contributed by atoms with Crippen molar-refractivity contribution in [2.24, 2.45) is 5.92 Å². The van der Waals surface area contributed by atoms with Crippen LogP contribution in [0, 0.1) is 19.8 Å². The Morgan fingerprint density at radius 3 is 2.75 bits per heavy atom. The summed E-state index contributed by atoms with van der Waals surface area (Å²) in [5, 5.41) is 14.0. The predicted molar refractivity (Wildman–Crippen MR) is 96.9 cm³/mol. The maximum Gasteiger partial charge on any atom is 0.160 e. The van der Waals surface area contributed by atoms with Crippen LogP contribution in [0.5, 0.6) is 11.5 Å². The second-order valence-corrected chi connectivity index (χ2v) is 6.88. The largest absolute Gasteiger partial charge is 0.504 e. The smallest absolute Gasteiger partial charge is 0.160 e. The summed E-state index contributed by atoms with van der Waals surface area (Å²) in [6, 6.07) is 10.4. The Hall–Kier alpha value is -2.42. The van der Waals surface area contributed by atoms with Gasteiger partial charge in [-0.05, 0) is 60.6 Å². The highest BCUT2D eigenvalue weighted by atomic mass is 16.5. The van der Waals surface area contributed by atoms with Crippen molar-refractivity contribution in [1.82, 2.24) is 0 Å². The van der Waals surface area contributed by atoms with Crippen molar-refractivity contribution >= 4 is 5.69 Å². The Bertz CT molecular complexity index is 825. The average Bonchev–Trinajstić information content (AvgIpc) is 3.07. The number of hydrogen-bond acceptors (Lipinski definition) is 3. The summed E-state index contributed by atoms with van der Waals surface area (Å²) in [6.45, 7) is 4.34. The summed E-state index contributed by atoms with van der Waals surface area (Å²) in [6.07, 6.45) is 5.69. The molecule has 2 aromatic rings. The number of rotatable bonds is 2. The fourth-order valence-corrected chi connectivity index (χ4v) is 4.15. The third kappa shape index (κ3) is 2.19. The third-order valence-corrected chi connectivity index (χ3v) is 5.63. The first-order valence-electron chi connectivity index (χ1n) is 8.50. The van der Waals surface area contributed by atoms with Crippen LogP contribution in [-0.4, -0.2) is 12.2 Å². The summed E-state index contributed by atoms with van der Waals surface area (Å²) in [7, 11) is 1.58. The van der Waals surface area contributed by atoms with E-state index in [2.05, 4.69) is 49.5 Å². The van der Waals surface area contributed by atoms with Crippen molar-refractivity contribution in [3.8, 4) is 11.5 Å². The molecule has 2 aromatic carbocycles. The predicted octanol–water partition coefficient (Wildman–Crippen LogP) is 4.84. The SMILES string of the molecule is COc1ccc(C2Nc3c(ccc(C)c3C)C3C=CCC32)cc1O. The third-order valence-electron chi connectivity index (χ3n) is 5.63. The molecular weight excluding hydrogens is 298 g/mol. The van der Waals surface area contributed by atoms with E-state index in [1.54, 1.807) is 7.11 Å². The number of aryl methyl sites for hydroxylation is 1. The lowest BCUT2D eigenvalue weighted by Crippen LogP contribution is -2.29. The number of anilines is 1. The van der Waals surface area contributed by atoms with Crippen LogP contribution in [0.4, 0.5) is 5.69 Å². The van der Waals surface area contributed by atoms with Crippen molar-refractivity contribution in [1.29, 1.82) is 0 Å². The Labute approximate surface area is 143 Å². The number of benzene rings is 2. The quantitative estimate of drug-likeness (QED) is 0.777. The number of ether oxygens (including phenoxy) is 1. The van der Waals surface area contributed by atoms with Gasteiger partial charge in [-0.1, -0.05) is 30.4 Å². The Morgan fingerprint density at radius 1 is 1.17 bits per heavy atom. The molecule has 0 radical (unpaired) electrons. The van der Waals surface area contributed by atoms with Gasteiger partial charge in [-0.25, -0.2) is 0 Å². The van der Waals surface area contributed by atoms with Crippen molar-refractivity contribution < 1.29 is 9.84 Å². The highest BCUT2D eigenvalue weighted by Gasteiger charge is 2.38. The Kier molecular flexibility index (Phi) is 3.52. The van der Waals surface area contributed by atoms with E-state index in [1.165, 1.54) is 22.4 Å². The Balaban J connectivity index is 1.80. The van der Waals surface area contributed by atoms with Crippen LogP contribution in [0.1, 0.15) is 40.6 Å². The fraction of sp³-hybridized carbons (Fsp3) is 0.333. The van der Waals surface area contributed by atoms with Crippen LogP contribution in [0.3, 0.4) is 0 Å². The molecule has 0 aromatic heterocycles. The second kappa shape index (κ2) is 5.59. The standard InChI is InChI=1S/C21H23NO2/c1-12-7-9-17-15-5-4-6-16(15)21(22-20(17)13(12)2)14-8-10-19(24-3)18(23)11-14/h4-5,7-11,15-16,21-23H,6H2,1-3H3. The minimum absolute atomic E-state index is 0.190. The molecule has 4 rings (SSSR count). The van der Waals surface area contributed by atoms with Crippen LogP contribution in [0.15, 0.2) is 42.5 Å². The van der Waals surface area contributed by atoms with Gasteiger partial charge >= 0.3 is 0 Å². The van der Waals surface area contributed by atoms with E-state index in [1.807, 2.05) is 12.1 Å². The second-order valence-electron chi connectivity index (χ2n) is 6.88. The molecule has 0 saturated heterocycles. The molecule has 0 fully saturated rings. The van der Waals surface area contributed by atoms with Crippen LogP contribution in [0.25, 0.3) is 0 Å². The van der Waals surface area contributed by atoms with E-state index in [0.717, 1.165) is 12.0 Å². The number of methoxy groups -OCH3 is 1. The molecule has 24 heavy (non-hydrogen) atoms. The van der Waals surface area contributed by atoms with Crippen molar-refractivity contribution in [2.75, 3.05) is 12.4 Å². The molecule has 0 saturated carbocycles. The molecule has 1 aliphatic carbocycles. The maximum atomic E-state index is 10.2. The van der Waals surface area contributed by atoms with E-state index < -0.39 is 0 Å². The molecule has 0 amide bonds. The molecule has 1 heterocycles.